The first-order chi connectivity index (χ1) is 8.59. The fourth-order valence-corrected chi connectivity index (χ4v) is 2.88. The second kappa shape index (κ2) is 8.16. The summed E-state index contributed by atoms with van der Waals surface area (Å²) in [7, 11) is 0. The summed E-state index contributed by atoms with van der Waals surface area (Å²) in [6, 6.07) is 1.32. The van der Waals surface area contributed by atoms with Crippen LogP contribution in [0, 0.1) is 0 Å². The Labute approximate surface area is 114 Å². The van der Waals surface area contributed by atoms with Crippen LogP contribution in [0.4, 0.5) is 0 Å². The molecule has 0 aliphatic carbocycles. The average molecular weight is 255 g/mol. The molecule has 1 aliphatic rings. The minimum absolute atomic E-state index is 0.109. The zero-order valence-corrected chi connectivity index (χ0v) is 12.9. The van der Waals surface area contributed by atoms with E-state index in [0.717, 1.165) is 13.0 Å². The summed E-state index contributed by atoms with van der Waals surface area (Å²) in [5.41, 5.74) is 0.109. The van der Waals surface area contributed by atoms with E-state index in [0.29, 0.717) is 12.1 Å². The van der Waals surface area contributed by atoms with Crippen molar-refractivity contribution in [3.05, 3.63) is 0 Å². The summed E-state index contributed by atoms with van der Waals surface area (Å²) >= 11 is 0. The Hall–Kier alpha value is -0.0800. The molecule has 1 N–H and O–H groups in total. The van der Waals surface area contributed by atoms with Gasteiger partial charge in [-0.15, -0.1) is 0 Å². The van der Waals surface area contributed by atoms with Gasteiger partial charge in [-0.1, -0.05) is 39.5 Å². The summed E-state index contributed by atoms with van der Waals surface area (Å²) < 4.78 is 5.90. The Morgan fingerprint density at radius 2 is 2.06 bits per heavy atom. The molecule has 0 aromatic carbocycles. The van der Waals surface area contributed by atoms with Crippen LogP contribution in [0.5, 0.6) is 0 Å². The Morgan fingerprint density at radius 3 is 2.72 bits per heavy atom. The number of hydrogen-bond donors (Lipinski definition) is 1. The second-order valence-electron chi connectivity index (χ2n) is 6.26. The molecule has 2 nitrogen and oxygen atoms in total. The highest BCUT2D eigenvalue weighted by Gasteiger charge is 2.31. The SMILES string of the molecule is CCCCCCC(C)NC1CCOC(C)(CC)C1. The van der Waals surface area contributed by atoms with Crippen LogP contribution in [-0.2, 0) is 4.74 Å². The molecule has 18 heavy (non-hydrogen) atoms. The number of nitrogens with one attached hydrogen (secondary N) is 1. The standard InChI is InChI=1S/C16H33NO/c1-5-7-8-9-10-14(3)17-15-11-12-18-16(4,6-2)13-15/h14-15,17H,5-13H2,1-4H3. The zero-order valence-electron chi connectivity index (χ0n) is 12.9. The Bertz CT molecular complexity index is 219. The van der Waals surface area contributed by atoms with Crippen molar-refractivity contribution in [3.8, 4) is 0 Å². The first kappa shape index (κ1) is 16.0. The molecular weight excluding hydrogens is 222 g/mol. The van der Waals surface area contributed by atoms with Gasteiger partial charge in [0.05, 0.1) is 5.60 Å². The van der Waals surface area contributed by atoms with Gasteiger partial charge < -0.3 is 10.1 Å². The van der Waals surface area contributed by atoms with Gasteiger partial charge in [0.1, 0.15) is 0 Å². The maximum Gasteiger partial charge on any atom is 0.0666 e. The molecule has 1 fully saturated rings. The monoisotopic (exact) mass is 255 g/mol. The molecule has 0 amide bonds. The van der Waals surface area contributed by atoms with Crippen LogP contribution in [0.2, 0.25) is 0 Å². The molecule has 0 radical (unpaired) electrons. The van der Waals surface area contributed by atoms with Crippen molar-refractivity contribution in [1.82, 2.24) is 5.32 Å². The molecule has 3 unspecified atom stereocenters. The number of rotatable bonds is 8. The van der Waals surface area contributed by atoms with Crippen molar-refractivity contribution in [2.24, 2.45) is 0 Å². The van der Waals surface area contributed by atoms with Crippen LogP contribution < -0.4 is 5.32 Å². The lowest BCUT2D eigenvalue weighted by Crippen LogP contribution is -2.47. The van der Waals surface area contributed by atoms with E-state index in [2.05, 4.69) is 33.0 Å². The Balaban J connectivity index is 2.20. The number of hydrogen-bond acceptors (Lipinski definition) is 2. The van der Waals surface area contributed by atoms with Crippen LogP contribution in [0.1, 0.15) is 79.1 Å². The van der Waals surface area contributed by atoms with Crippen LogP contribution in [-0.4, -0.2) is 24.3 Å². The highest BCUT2D eigenvalue weighted by Crippen LogP contribution is 2.28. The van der Waals surface area contributed by atoms with E-state index in [1.807, 2.05) is 0 Å². The topological polar surface area (TPSA) is 21.3 Å². The van der Waals surface area contributed by atoms with Gasteiger partial charge in [0.25, 0.3) is 0 Å². The van der Waals surface area contributed by atoms with Gasteiger partial charge in [-0.05, 0) is 39.5 Å². The molecule has 1 rings (SSSR count). The third kappa shape index (κ3) is 5.71. The molecule has 1 aliphatic heterocycles. The minimum Gasteiger partial charge on any atom is -0.375 e. The third-order valence-electron chi connectivity index (χ3n) is 4.35. The predicted octanol–water partition coefficient (Wildman–Crippen LogP) is 4.28. The van der Waals surface area contributed by atoms with E-state index in [9.17, 15) is 0 Å². The Kier molecular flexibility index (Phi) is 7.25. The van der Waals surface area contributed by atoms with Crippen molar-refractivity contribution in [3.63, 3.8) is 0 Å². The number of ether oxygens (including phenoxy) is 1. The van der Waals surface area contributed by atoms with Gasteiger partial charge in [0.2, 0.25) is 0 Å². The Morgan fingerprint density at radius 1 is 1.28 bits per heavy atom. The van der Waals surface area contributed by atoms with Crippen molar-refractivity contribution in [2.75, 3.05) is 6.61 Å². The molecule has 2 heteroatoms. The van der Waals surface area contributed by atoms with Gasteiger partial charge in [-0.25, -0.2) is 0 Å². The van der Waals surface area contributed by atoms with Crippen molar-refractivity contribution in [1.29, 1.82) is 0 Å². The van der Waals surface area contributed by atoms with Crippen LogP contribution in [0.25, 0.3) is 0 Å². The fourth-order valence-electron chi connectivity index (χ4n) is 2.88. The van der Waals surface area contributed by atoms with Gasteiger partial charge >= 0.3 is 0 Å². The lowest BCUT2D eigenvalue weighted by molar-refractivity contribution is -0.0789. The van der Waals surface area contributed by atoms with E-state index in [1.54, 1.807) is 0 Å². The maximum atomic E-state index is 5.90. The van der Waals surface area contributed by atoms with Gasteiger partial charge in [-0.2, -0.15) is 0 Å². The highest BCUT2D eigenvalue weighted by atomic mass is 16.5. The predicted molar refractivity (Wildman–Crippen MR) is 79.0 cm³/mol. The van der Waals surface area contributed by atoms with E-state index in [-0.39, 0.29) is 5.60 Å². The molecule has 1 heterocycles. The van der Waals surface area contributed by atoms with E-state index in [4.69, 9.17) is 4.74 Å². The molecule has 0 bridgehead atoms. The van der Waals surface area contributed by atoms with Crippen molar-refractivity contribution in [2.45, 2.75) is 96.7 Å². The summed E-state index contributed by atoms with van der Waals surface area (Å²) in [4.78, 5) is 0. The smallest absolute Gasteiger partial charge is 0.0666 e. The summed E-state index contributed by atoms with van der Waals surface area (Å²) in [6.45, 7) is 10.0. The molecule has 108 valence electrons. The summed E-state index contributed by atoms with van der Waals surface area (Å²) in [5.74, 6) is 0. The van der Waals surface area contributed by atoms with Crippen molar-refractivity contribution < 1.29 is 4.74 Å². The largest absolute Gasteiger partial charge is 0.375 e. The molecular formula is C16H33NO. The minimum atomic E-state index is 0.109. The lowest BCUT2D eigenvalue weighted by Gasteiger charge is -2.39. The molecule has 1 saturated heterocycles. The second-order valence-corrected chi connectivity index (χ2v) is 6.26. The van der Waals surface area contributed by atoms with Crippen LogP contribution in [0.3, 0.4) is 0 Å². The van der Waals surface area contributed by atoms with Crippen molar-refractivity contribution >= 4 is 0 Å². The average Bonchev–Trinajstić information content (AvgIpc) is 2.35. The maximum absolute atomic E-state index is 5.90. The normalized spacial score (nSPS) is 30.3. The quantitative estimate of drug-likeness (QED) is 0.654. The zero-order chi connectivity index (χ0) is 13.4. The van der Waals surface area contributed by atoms with Gasteiger partial charge in [0, 0.05) is 18.7 Å². The summed E-state index contributed by atoms with van der Waals surface area (Å²) in [5, 5.41) is 3.81. The molecule has 0 aromatic heterocycles. The van der Waals surface area contributed by atoms with E-state index in [1.165, 1.54) is 44.9 Å². The van der Waals surface area contributed by atoms with E-state index < -0.39 is 0 Å². The molecule has 0 saturated carbocycles. The molecule has 3 atom stereocenters. The fraction of sp³-hybridized carbons (Fsp3) is 1.00. The van der Waals surface area contributed by atoms with Crippen LogP contribution >= 0.6 is 0 Å². The highest BCUT2D eigenvalue weighted by molar-refractivity contribution is 4.86. The molecule has 0 aromatic rings. The lowest BCUT2D eigenvalue weighted by atomic mass is 9.89. The van der Waals surface area contributed by atoms with Crippen LogP contribution in [0.15, 0.2) is 0 Å². The third-order valence-corrected chi connectivity index (χ3v) is 4.35. The summed E-state index contributed by atoms with van der Waals surface area (Å²) in [6.07, 6.45) is 10.3. The van der Waals surface area contributed by atoms with Gasteiger partial charge in [-0.3, -0.25) is 0 Å². The first-order valence-electron chi connectivity index (χ1n) is 7.99. The molecule has 0 spiro atoms. The number of unbranched alkanes of at least 4 members (excludes halogenated alkanes) is 3. The van der Waals surface area contributed by atoms with Gasteiger partial charge in [0.15, 0.2) is 0 Å². The first-order valence-corrected chi connectivity index (χ1v) is 7.99. The van der Waals surface area contributed by atoms with E-state index >= 15 is 0 Å².